The highest BCUT2D eigenvalue weighted by Gasteiger charge is 2.39. The van der Waals surface area contributed by atoms with Gasteiger partial charge in [0.1, 0.15) is 5.75 Å². The Morgan fingerprint density at radius 3 is 2.17 bits per heavy atom. The van der Waals surface area contributed by atoms with Gasteiger partial charge in [0.05, 0.1) is 6.61 Å². The maximum Gasteiger partial charge on any atom is 0.435 e. The molecule has 0 fully saturated rings. The fraction of sp³-hybridized carbons (Fsp3) is 0.412. The summed E-state index contributed by atoms with van der Waals surface area (Å²) in [7, 11) is -3.61. The third kappa shape index (κ3) is 4.55. The molecule has 0 amide bonds. The first-order chi connectivity index (χ1) is 11.1. The Labute approximate surface area is 137 Å². The maximum atomic E-state index is 13.1. The topological polar surface area (TPSA) is 54.0 Å². The normalized spacial score (nSPS) is 14.1. The van der Waals surface area contributed by atoms with Gasteiger partial charge in [0.2, 0.25) is 0 Å². The predicted octanol–water partition coefficient (Wildman–Crippen LogP) is 4.80. The lowest BCUT2D eigenvalue weighted by atomic mass is 10.1. The standard InChI is InChI=1S/C17H23O5P/c1-4-19-17(20-5-2)23(18,21-6-3)22-16-12-11-14-9-7-8-10-15(14)13-16/h7-13,17H,4-6H2,1-3H3. The molecule has 0 aliphatic heterocycles. The van der Waals surface area contributed by atoms with Gasteiger partial charge in [0.15, 0.2) is 0 Å². The summed E-state index contributed by atoms with van der Waals surface area (Å²) < 4.78 is 35.1. The highest BCUT2D eigenvalue weighted by molar-refractivity contribution is 7.54. The SMILES string of the molecule is CCOC(OCC)P(=O)(OCC)Oc1ccc2ccccc2c1. The van der Waals surface area contributed by atoms with Crippen molar-refractivity contribution < 1.29 is 23.1 Å². The van der Waals surface area contributed by atoms with Crippen LogP contribution >= 0.6 is 7.60 Å². The van der Waals surface area contributed by atoms with Crippen molar-refractivity contribution in [1.29, 1.82) is 0 Å². The van der Waals surface area contributed by atoms with Gasteiger partial charge >= 0.3 is 7.60 Å². The Hall–Kier alpha value is -1.39. The summed E-state index contributed by atoms with van der Waals surface area (Å²) in [6, 6.07) is 12.4. The van der Waals surface area contributed by atoms with Crippen LogP contribution in [0.1, 0.15) is 20.8 Å². The molecule has 5 nitrogen and oxygen atoms in total. The average Bonchev–Trinajstić information content (AvgIpc) is 2.55. The first-order valence-electron chi connectivity index (χ1n) is 7.78. The molecule has 23 heavy (non-hydrogen) atoms. The van der Waals surface area contributed by atoms with Crippen molar-refractivity contribution in [2.45, 2.75) is 26.8 Å². The van der Waals surface area contributed by atoms with Crippen molar-refractivity contribution in [2.75, 3.05) is 19.8 Å². The van der Waals surface area contributed by atoms with Crippen LogP contribution in [0.5, 0.6) is 5.75 Å². The molecule has 0 saturated heterocycles. The second kappa shape index (κ2) is 8.46. The molecule has 2 rings (SSSR count). The number of fused-ring (bicyclic) bond motifs is 1. The fourth-order valence-corrected chi connectivity index (χ4v) is 3.89. The monoisotopic (exact) mass is 338 g/mol. The van der Waals surface area contributed by atoms with Gasteiger partial charge in [-0.05, 0) is 43.7 Å². The molecule has 1 unspecified atom stereocenters. The number of hydrogen-bond donors (Lipinski definition) is 0. The molecule has 0 aromatic heterocycles. The Morgan fingerprint density at radius 1 is 0.913 bits per heavy atom. The van der Waals surface area contributed by atoms with Crippen LogP contribution in [0, 0.1) is 0 Å². The first-order valence-corrected chi connectivity index (χ1v) is 9.40. The van der Waals surface area contributed by atoms with E-state index in [9.17, 15) is 4.57 Å². The molecular formula is C17H23O5P. The van der Waals surface area contributed by atoms with Crippen LogP contribution in [0.3, 0.4) is 0 Å². The van der Waals surface area contributed by atoms with Crippen molar-refractivity contribution >= 4 is 18.4 Å². The van der Waals surface area contributed by atoms with E-state index in [2.05, 4.69) is 0 Å². The molecule has 0 radical (unpaired) electrons. The summed E-state index contributed by atoms with van der Waals surface area (Å²) in [6.07, 6.45) is 0. The van der Waals surface area contributed by atoms with Crippen LogP contribution in [0.4, 0.5) is 0 Å². The minimum atomic E-state index is -3.61. The first kappa shape index (κ1) is 18.0. The predicted molar refractivity (Wildman–Crippen MR) is 90.8 cm³/mol. The van der Waals surface area contributed by atoms with E-state index in [0.717, 1.165) is 10.8 Å². The van der Waals surface area contributed by atoms with Crippen LogP contribution in [0.2, 0.25) is 0 Å². The molecule has 2 aromatic rings. The minimum absolute atomic E-state index is 0.238. The van der Waals surface area contributed by atoms with E-state index in [-0.39, 0.29) is 6.61 Å². The Balaban J connectivity index is 2.30. The van der Waals surface area contributed by atoms with E-state index in [1.807, 2.05) is 36.4 Å². The van der Waals surface area contributed by atoms with Gasteiger partial charge in [-0.3, -0.25) is 4.52 Å². The Morgan fingerprint density at radius 2 is 1.57 bits per heavy atom. The van der Waals surface area contributed by atoms with Crippen LogP contribution in [0.25, 0.3) is 10.8 Å². The summed E-state index contributed by atoms with van der Waals surface area (Å²) >= 11 is 0. The quantitative estimate of drug-likeness (QED) is 0.485. The van der Waals surface area contributed by atoms with E-state index < -0.39 is 13.6 Å². The molecule has 0 bridgehead atoms. The van der Waals surface area contributed by atoms with Crippen molar-refractivity contribution in [3.63, 3.8) is 0 Å². The molecule has 0 aliphatic rings. The third-order valence-corrected chi connectivity index (χ3v) is 5.04. The third-order valence-electron chi connectivity index (χ3n) is 3.14. The Kier molecular flexibility index (Phi) is 6.60. The summed E-state index contributed by atoms with van der Waals surface area (Å²) in [5.41, 5.74) is 0. The van der Waals surface area contributed by atoms with E-state index >= 15 is 0 Å². The molecule has 2 aromatic carbocycles. The molecule has 126 valence electrons. The van der Waals surface area contributed by atoms with Crippen LogP contribution in [-0.4, -0.2) is 25.9 Å². The van der Waals surface area contributed by atoms with E-state index in [4.69, 9.17) is 18.5 Å². The summed E-state index contributed by atoms with van der Waals surface area (Å²) in [5.74, 6) is 0.463. The smallest absolute Gasteiger partial charge is 0.421 e. The van der Waals surface area contributed by atoms with Crippen molar-refractivity contribution in [2.24, 2.45) is 0 Å². The maximum absolute atomic E-state index is 13.1. The highest BCUT2D eigenvalue weighted by Crippen LogP contribution is 2.54. The van der Waals surface area contributed by atoms with Gasteiger partial charge in [0.25, 0.3) is 6.03 Å². The zero-order chi connectivity index (χ0) is 16.7. The van der Waals surface area contributed by atoms with Crippen molar-refractivity contribution in [1.82, 2.24) is 0 Å². The molecule has 0 saturated carbocycles. The molecule has 0 aliphatic carbocycles. The zero-order valence-corrected chi connectivity index (χ0v) is 14.6. The van der Waals surface area contributed by atoms with Crippen LogP contribution < -0.4 is 4.52 Å². The molecule has 6 heteroatoms. The van der Waals surface area contributed by atoms with Crippen molar-refractivity contribution in [3.8, 4) is 5.75 Å². The number of benzene rings is 2. The van der Waals surface area contributed by atoms with Gasteiger partial charge in [0, 0.05) is 13.2 Å². The minimum Gasteiger partial charge on any atom is -0.421 e. The van der Waals surface area contributed by atoms with Crippen LogP contribution in [0.15, 0.2) is 42.5 Å². The largest absolute Gasteiger partial charge is 0.435 e. The summed E-state index contributed by atoms with van der Waals surface area (Å²) in [4.78, 5) is 0. The van der Waals surface area contributed by atoms with Crippen molar-refractivity contribution in [3.05, 3.63) is 42.5 Å². The molecule has 0 heterocycles. The number of hydrogen-bond acceptors (Lipinski definition) is 5. The molecule has 1 atom stereocenters. The Bertz CT molecular complexity index is 667. The second-order valence-electron chi connectivity index (χ2n) is 4.78. The lowest BCUT2D eigenvalue weighted by Crippen LogP contribution is -2.22. The van der Waals surface area contributed by atoms with Gasteiger partial charge in [-0.1, -0.05) is 30.3 Å². The number of rotatable bonds is 9. The summed E-state index contributed by atoms with van der Waals surface area (Å²) in [5, 5.41) is 2.08. The number of ether oxygens (including phenoxy) is 2. The molecule has 0 N–H and O–H groups in total. The second-order valence-corrected chi connectivity index (χ2v) is 6.72. The zero-order valence-electron chi connectivity index (χ0n) is 13.7. The molecular weight excluding hydrogens is 315 g/mol. The fourth-order valence-electron chi connectivity index (χ4n) is 2.20. The summed E-state index contributed by atoms with van der Waals surface area (Å²) in [6.45, 7) is 6.30. The lowest BCUT2D eigenvalue weighted by molar-refractivity contribution is -0.0948. The van der Waals surface area contributed by atoms with Gasteiger partial charge < -0.3 is 14.0 Å². The molecule has 0 spiro atoms. The highest BCUT2D eigenvalue weighted by atomic mass is 31.2. The van der Waals surface area contributed by atoms with E-state index in [0.29, 0.717) is 19.0 Å². The van der Waals surface area contributed by atoms with Crippen LogP contribution in [-0.2, 0) is 18.6 Å². The van der Waals surface area contributed by atoms with Gasteiger partial charge in [-0.2, -0.15) is 0 Å². The average molecular weight is 338 g/mol. The van der Waals surface area contributed by atoms with E-state index in [1.165, 1.54) is 0 Å². The lowest BCUT2D eigenvalue weighted by Gasteiger charge is -2.26. The van der Waals surface area contributed by atoms with Gasteiger partial charge in [-0.25, -0.2) is 4.57 Å². The van der Waals surface area contributed by atoms with Gasteiger partial charge in [-0.15, -0.1) is 0 Å². The van der Waals surface area contributed by atoms with E-state index in [1.54, 1.807) is 26.8 Å².